The van der Waals surface area contributed by atoms with Gasteiger partial charge in [0.1, 0.15) is 23.0 Å². The van der Waals surface area contributed by atoms with E-state index in [0.29, 0.717) is 6.42 Å². The van der Waals surface area contributed by atoms with Gasteiger partial charge >= 0.3 is 0 Å². The van der Waals surface area contributed by atoms with Gasteiger partial charge in [-0.15, -0.1) is 0 Å². The molecule has 0 aliphatic rings. The molecule has 8 heteroatoms. The van der Waals surface area contributed by atoms with Crippen LogP contribution in [0.1, 0.15) is 34.3 Å². The van der Waals surface area contributed by atoms with Crippen LogP contribution >= 0.6 is 0 Å². The van der Waals surface area contributed by atoms with Crippen LogP contribution in [0.3, 0.4) is 0 Å². The van der Waals surface area contributed by atoms with Crippen molar-refractivity contribution in [1.29, 1.82) is 0 Å². The topological polar surface area (TPSA) is 84.0 Å². The number of amides is 2. The molecule has 2 heterocycles. The molecule has 2 N–H and O–H groups in total. The fourth-order valence-electron chi connectivity index (χ4n) is 1.88. The molecule has 0 saturated heterocycles. The molecule has 2 aromatic rings. The lowest BCUT2D eigenvalue weighted by Crippen LogP contribution is -2.43. The normalized spacial score (nSPS) is 11.6. The summed E-state index contributed by atoms with van der Waals surface area (Å²) in [6.07, 6.45) is 2.47. The van der Waals surface area contributed by atoms with Gasteiger partial charge in [0.25, 0.3) is 11.8 Å². The first-order chi connectivity index (χ1) is 11.5. The molecule has 2 rings (SSSR count). The van der Waals surface area contributed by atoms with E-state index in [-0.39, 0.29) is 24.0 Å². The van der Waals surface area contributed by atoms with Crippen LogP contribution in [0.4, 0.5) is 8.78 Å². The SMILES string of the molecule is CC[C@@H](CNC(=O)c1ccc(F)cn1)NC(=O)c1ccc(F)cn1. The Balaban J connectivity index is 1.89. The third kappa shape index (κ3) is 4.80. The quantitative estimate of drug-likeness (QED) is 0.842. The van der Waals surface area contributed by atoms with Gasteiger partial charge in [0.2, 0.25) is 0 Å². The lowest BCUT2D eigenvalue weighted by atomic mass is 10.2. The molecule has 0 fully saturated rings. The standard InChI is InChI=1S/C16H16F2N4O2/c1-2-12(22-16(24)14-6-4-11(18)8-20-14)9-21-15(23)13-5-3-10(17)7-19-13/h3-8,12H,2,9H2,1H3,(H,21,23)(H,22,24)/t12-/m0/s1. The van der Waals surface area contributed by atoms with Crippen molar-refractivity contribution in [1.82, 2.24) is 20.6 Å². The number of nitrogens with zero attached hydrogens (tertiary/aromatic N) is 2. The summed E-state index contributed by atoms with van der Waals surface area (Å²) in [5, 5.41) is 5.32. The number of carbonyl (C=O) groups excluding carboxylic acids is 2. The first-order valence-electron chi connectivity index (χ1n) is 7.31. The summed E-state index contributed by atoms with van der Waals surface area (Å²) in [6, 6.07) is 4.49. The average Bonchev–Trinajstić information content (AvgIpc) is 2.59. The molecule has 0 radical (unpaired) electrons. The number of hydrogen-bond donors (Lipinski definition) is 2. The molecule has 0 unspecified atom stereocenters. The Hall–Kier alpha value is -2.90. The summed E-state index contributed by atoms with van der Waals surface area (Å²) in [5.41, 5.74) is 0.166. The number of rotatable bonds is 6. The molecule has 1 atom stereocenters. The highest BCUT2D eigenvalue weighted by atomic mass is 19.1. The predicted molar refractivity (Wildman–Crippen MR) is 82.3 cm³/mol. The second-order valence-electron chi connectivity index (χ2n) is 5.01. The van der Waals surface area contributed by atoms with Gasteiger partial charge in [0, 0.05) is 12.6 Å². The van der Waals surface area contributed by atoms with Crippen LogP contribution in [0, 0.1) is 11.6 Å². The summed E-state index contributed by atoms with van der Waals surface area (Å²) in [6.45, 7) is 2.01. The number of hydrogen-bond acceptors (Lipinski definition) is 4. The van der Waals surface area contributed by atoms with Crippen molar-refractivity contribution in [3.8, 4) is 0 Å². The summed E-state index contributed by atoms with van der Waals surface area (Å²) in [5.74, 6) is -1.99. The van der Waals surface area contributed by atoms with Crippen molar-refractivity contribution in [2.75, 3.05) is 6.54 Å². The molecule has 6 nitrogen and oxygen atoms in total. The minimum Gasteiger partial charge on any atom is -0.349 e. The van der Waals surface area contributed by atoms with Gasteiger partial charge in [-0.05, 0) is 30.7 Å². The molecule has 0 bridgehead atoms. The van der Waals surface area contributed by atoms with Crippen molar-refractivity contribution in [3.63, 3.8) is 0 Å². The number of aromatic nitrogens is 2. The molecule has 0 aliphatic carbocycles. The molecular weight excluding hydrogens is 318 g/mol. The van der Waals surface area contributed by atoms with E-state index in [1.54, 1.807) is 0 Å². The van der Waals surface area contributed by atoms with Gasteiger partial charge in [-0.1, -0.05) is 6.92 Å². The number of carbonyl (C=O) groups is 2. The zero-order valence-corrected chi connectivity index (χ0v) is 12.9. The summed E-state index contributed by atoms with van der Waals surface area (Å²) >= 11 is 0. The van der Waals surface area contributed by atoms with Gasteiger partial charge in [-0.3, -0.25) is 9.59 Å². The van der Waals surface area contributed by atoms with Crippen LogP contribution < -0.4 is 10.6 Å². The van der Waals surface area contributed by atoms with Crippen LogP contribution in [0.2, 0.25) is 0 Å². The fourth-order valence-corrected chi connectivity index (χ4v) is 1.88. The first kappa shape index (κ1) is 17.5. The maximum absolute atomic E-state index is 12.8. The Labute approximate surface area is 137 Å². The van der Waals surface area contributed by atoms with Crippen LogP contribution in [0.15, 0.2) is 36.7 Å². The van der Waals surface area contributed by atoms with Crippen LogP contribution in [0.5, 0.6) is 0 Å². The summed E-state index contributed by atoms with van der Waals surface area (Å²) in [4.78, 5) is 31.3. The Kier molecular flexibility index (Phi) is 5.89. The van der Waals surface area contributed by atoms with E-state index in [4.69, 9.17) is 0 Å². The largest absolute Gasteiger partial charge is 0.349 e. The monoisotopic (exact) mass is 334 g/mol. The van der Waals surface area contributed by atoms with Gasteiger partial charge in [0.05, 0.1) is 12.4 Å². The molecule has 2 amide bonds. The van der Waals surface area contributed by atoms with E-state index in [0.717, 1.165) is 24.5 Å². The summed E-state index contributed by atoms with van der Waals surface area (Å²) < 4.78 is 25.6. The van der Waals surface area contributed by atoms with Crippen LogP contribution in [-0.2, 0) is 0 Å². The van der Waals surface area contributed by atoms with Crippen LogP contribution in [-0.4, -0.2) is 34.4 Å². The molecule has 0 spiro atoms. The Morgan fingerprint density at radius 1 is 1.00 bits per heavy atom. The molecule has 0 aromatic carbocycles. The van der Waals surface area contributed by atoms with E-state index in [9.17, 15) is 18.4 Å². The Morgan fingerprint density at radius 3 is 2.00 bits per heavy atom. The van der Waals surface area contributed by atoms with Crippen molar-refractivity contribution in [2.24, 2.45) is 0 Å². The second-order valence-corrected chi connectivity index (χ2v) is 5.01. The van der Waals surface area contributed by atoms with Crippen molar-refractivity contribution in [3.05, 3.63) is 59.7 Å². The van der Waals surface area contributed by atoms with Crippen molar-refractivity contribution >= 4 is 11.8 Å². The number of pyridine rings is 2. The van der Waals surface area contributed by atoms with E-state index >= 15 is 0 Å². The molecule has 0 saturated carbocycles. The van der Waals surface area contributed by atoms with Gasteiger partial charge < -0.3 is 10.6 Å². The highest BCUT2D eigenvalue weighted by molar-refractivity contribution is 5.93. The zero-order valence-electron chi connectivity index (χ0n) is 12.9. The Bertz CT molecular complexity index is 705. The van der Waals surface area contributed by atoms with Gasteiger partial charge in [-0.2, -0.15) is 0 Å². The molecule has 126 valence electrons. The second kappa shape index (κ2) is 8.09. The minimum atomic E-state index is -0.531. The van der Waals surface area contributed by atoms with Crippen molar-refractivity contribution < 1.29 is 18.4 Å². The molecule has 0 aliphatic heterocycles. The van der Waals surface area contributed by atoms with Crippen LogP contribution in [0.25, 0.3) is 0 Å². The third-order valence-corrected chi connectivity index (χ3v) is 3.26. The van der Waals surface area contributed by atoms with Crippen molar-refractivity contribution in [2.45, 2.75) is 19.4 Å². The van der Waals surface area contributed by atoms with Gasteiger partial charge in [0.15, 0.2) is 0 Å². The average molecular weight is 334 g/mol. The highest BCUT2D eigenvalue weighted by Crippen LogP contribution is 2.01. The van der Waals surface area contributed by atoms with E-state index in [1.807, 2.05) is 6.92 Å². The maximum Gasteiger partial charge on any atom is 0.270 e. The fraction of sp³-hybridized carbons (Fsp3) is 0.250. The molecule has 24 heavy (non-hydrogen) atoms. The lowest BCUT2D eigenvalue weighted by molar-refractivity contribution is 0.0902. The van der Waals surface area contributed by atoms with E-state index in [2.05, 4.69) is 20.6 Å². The predicted octanol–water partition coefficient (Wildman–Crippen LogP) is 1.69. The lowest BCUT2D eigenvalue weighted by Gasteiger charge is -2.17. The minimum absolute atomic E-state index is 0.0813. The Morgan fingerprint density at radius 2 is 1.54 bits per heavy atom. The zero-order chi connectivity index (χ0) is 17.5. The molecular formula is C16H16F2N4O2. The first-order valence-corrected chi connectivity index (χ1v) is 7.31. The van der Waals surface area contributed by atoms with Gasteiger partial charge in [-0.25, -0.2) is 18.7 Å². The smallest absolute Gasteiger partial charge is 0.270 e. The number of nitrogens with one attached hydrogen (secondary N) is 2. The maximum atomic E-state index is 12.8. The molecule has 2 aromatic heterocycles. The van der Waals surface area contributed by atoms with E-state index < -0.39 is 23.4 Å². The van der Waals surface area contributed by atoms with E-state index in [1.165, 1.54) is 12.1 Å². The number of halogens is 2. The third-order valence-electron chi connectivity index (χ3n) is 3.26. The summed E-state index contributed by atoms with van der Waals surface area (Å²) in [7, 11) is 0. The highest BCUT2D eigenvalue weighted by Gasteiger charge is 2.15.